The van der Waals surface area contributed by atoms with Crippen molar-refractivity contribution in [2.75, 3.05) is 43.9 Å². The van der Waals surface area contributed by atoms with Crippen LogP contribution in [0, 0.1) is 0 Å². The number of hydrogen-bond donors (Lipinski definition) is 1. The van der Waals surface area contributed by atoms with Crippen LogP contribution in [0.3, 0.4) is 0 Å². The smallest absolute Gasteiger partial charge is 0.281 e. The molecule has 1 aliphatic heterocycles. The Kier molecular flexibility index (Phi) is 4.55. The highest BCUT2D eigenvalue weighted by Gasteiger charge is 2.18. The molecule has 2 N–H and O–H groups in total. The maximum atomic E-state index is 12.8. The predicted octanol–water partition coefficient (Wildman–Crippen LogP) is 1.36. The average molecular weight is 363 g/mol. The summed E-state index contributed by atoms with van der Waals surface area (Å²) in [6.07, 6.45) is 1.64. The van der Waals surface area contributed by atoms with E-state index >= 15 is 0 Å². The van der Waals surface area contributed by atoms with E-state index in [4.69, 9.17) is 5.73 Å². The van der Waals surface area contributed by atoms with Crippen LogP contribution in [0.1, 0.15) is 10.4 Å². The zero-order valence-electron chi connectivity index (χ0n) is 15.1. The van der Waals surface area contributed by atoms with Crippen LogP contribution in [0.4, 0.5) is 11.6 Å². The van der Waals surface area contributed by atoms with Crippen molar-refractivity contribution in [3.63, 3.8) is 0 Å². The summed E-state index contributed by atoms with van der Waals surface area (Å²) in [7, 11) is 2.13. The number of aromatic nitrogens is 4. The van der Waals surface area contributed by atoms with Crippen molar-refractivity contribution in [1.29, 1.82) is 0 Å². The lowest BCUT2D eigenvalue weighted by molar-refractivity contribution is 0.0948. The SMILES string of the molecule is CN1CCN(c2ccc(C(=O)n3nc(-c4ccccn4)nc3N)cc2)CC1. The standard InChI is InChI=1S/C19H21N7O/c1-24-10-12-25(13-11-24)15-7-5-14(6-8-15)18(27)26-19(20)22-17(23-26)16-4-2-3-9-21-16/h2-9H,10-13H2,1H3,(H2,20,22,23). The fourth-order valence-electron chi connectivity index (χ4n) is 3.08. The summed E-state index contributed by atoms with van der Waals surface area (Å²) in [5.74, 6) is 0.0615. The fourth-order valence-corrected chi connectivity index (χ4v) is 3.08. The number of anilines is 2. The molecular formula is C19H21N7O. The van der Waals surface area contributed by atoms with Crippen LogP contribution in [0.2, 0.25) is 0 Å². The largest absolute Gasteiger partial charge is 0.369 e. The third kappa shape index (κ3) is 3.52. The first-order valence-corrected chi connectivity index (χ1v) is 8.84. The molecule has 1 fully saturated rings. The highest BCUT2D eigenvalue weighted by molar-refractivity contribution is 5.97. The Balaban J connectivity index is 1.54. The Morgan fingerprint density at radius 1 is 1.04 bits per heavy atom. The maximum absolute atomic E-state index is 12.8. The van der Waals surface area contributed by atoms with Crippen molar-refractivity contribution in [3.05, 3.63) is 54.2 Å². The van der Waals surface area contributed by atoms with Gasteiger partial charge in [-0.15, -0.1) is 5.10 Å². The molecule has 2 aromatic heterocycles. The number of piperazine rings is 1. The van der Waals surface area contributed by atoms with Gasteiger partial charge in [0.25, 0.3) is 5.91 Å². The molecule has 0 spiro atoms. The lowest BCUT2D eigenvalue weighted by Gasteiger charge is -2.34. The lowest BCUT2D eigenvalue weighted by atomic mass is 10.1. The van der Waals surface area contributed by atoms with Gasteiger partial charge in [-0.2, -0.15) is 9.67 Å². The second-order valence-corrected chi connectivity index (χ2v) is 6.56. The summed E-state index contributed by atoms with van der Waals surface area (Å²) >= 11 is 0. The van der Waals surface area contributed by atoms with Gasteiger partial charge in [-0.25, -0.2) is 0 Å². The molecule has 1 aromatic carbocycles. The molecule has 0 radical (unpaired) electrons. The highest BCUT2D eigenvalue weighted by Crippen LogP contribution is 2.19. The van der Waals surface area contributed by atoms with Gasteiger partial charge in [-0.05, 0) is 43.4 Å². The van der Waals surface area contributed by atoms with Gasteiger partial charge in [-0.1, -0.05) is 6.07 Å². The van der Waals surface area contributed by atoms with Gasteiger partial charge >= 0.3 is 0 Å². The van der Waals surface area contributed by atoms with Crippen LogP contribution < -0.4 is 10.6 Å². The van der Waals surface area contributed by atoms with E-state index in [9.17, 15) is 4.79 Å². The Hall–Kier alpha value is -3.26. The van der Waals surface area contributed by atoms with Crippen LogP contribution in [-0.2, 0) is 0 Å². The highest BCUT2D eigenvalue weighted by atomic mass is 16.2. The molecule has 1 saturated heterocycles. The van der Waals surface area contributed by atoms with E-state index in [-0.39, 0.29) is 11.9 Å². The molecule has 0 saturated carbocycles. The van der Waals surface area contributed by atoms with Crippen LogP contribution >= 0.6 is 0 Å². The van der Waals surface area contributed by atoms with Crippen LogP contribution in [-0.4, -0.2) is 63.8 Å². The molecule has 8 heteroatoms. The van der Waals surface area contributed by atoms with E-state index in [0.29, 0.717) is 17.1 Å². The van der Waals surface area contributed by atoms with Crippen molar-refractivity contribution in [2.45, 2.75) is 0 Å². The Morgan fingerprint density at radius 3 is 2.44 bits per heavy atom. The van der Waals surface area contributed by atoms with Crippen molar-refractivity contribution in [3.8, 4) is 11.5 Å². The van der Waals surface area contributed by atoms with E-state index in [0.717, 1.165) is 36.5 Å². The Bertz CT molecular complexity index is 928. The van der Waals surface area contributed by atoms with Gasteiger partial charge < -0.3 is 15.5 Å². The molecule has 4 rings (SSSR count). The van der Waals surface area contributed by atoms with Crippen molar-refractivity contribution in [1.82, 2.24) is 24.6 Å². The number of pyridine rings is 1. The van der Waals surface area contributed by atoms with E-state index in [2.05, 4.69) is 31.9 Å². The number of nitrogen functional groups attached to an aromatic ring is 1. The first kappa shape index (κ1) is 17.2. The van der Waals surface area contributed by atoms with Gasteiger partial charge in [0.2, 0.25) is 11.8 Å². The Labute approximate surface area is 157 Å². The maximum Gasteiger partial charge on any atom is 0.281 e. The summed E-state index contributed by atoms with van der Waals surface area (Å²) in [5, 5.41) is 4.23. The average Bonchev–Trinajstić information content (AvgIpc) is 3.10. The molecule has 138 valence electrons. The van der Waals surface area contributed by atoms with Gasteiger partial charge in [0.05, 0.1) is 0 Å². The minimum absolute atomic E-state index is 0.0452. The number of benzene rings is 1. The third-order valence-electron chi connectivity index (χ3n) is 4.70. The summed E-state index contributed by atoms with van der Waals surface area (Å²) in [4.78, 5) is 25.8. The molecule has 3 heterocycles. The summed E-state index contributed by atoms with van der Waals surface area (Å²) in [6, 6.07) is 12.9. The third-order valence-corrected chi connectivity index (χ3v) is 4.70. The number of hydrogen-bond acceptors (Lipinski definition) is 7. The molecule has 0 unspecified atom stereocenters. The van der Waals surface area contributed by atoms with Gasteiger partial charge in [0.15, 0.2) is 0 Å². The van der Waals surface area contributed by atoms with Crippen LogP contribution in [0.25, 0.3) is 11.5 Å². The minimum Gasteiger partial charge on any atom is -0.369 e. The zero-order chi connectivity index (χ0) is 18.8. The van der Waals surface area contributed by atoms with Crippen molar-refractivity contribution in [2.24, 2.45) is 0 Å². The van der Waals surface area contributed by atoms with E-state index in [1.54, 1.807) is 30.5 Å². The first-order valence-electron chi connectivity index (χ1n) is 8.84. The van der Waals surface area contributed by atoms with Crippen LogP contribution in [0.5, 0.6) is 0 Å². The van der Waals surface area contributed by atoms with Crippen molar-refractivity contribution >= 4 is 17.5 Å². The van der Waals surface area contributed by atoms with E-state index in [1.807, 2.05) is 18.2 Å². The zero-order valence-corrected chi connectivity index (χ0v) is 15.1. The summed E-state index contributed by atoms with van der Waals surface area (Å²) in [6.45, 7) is 4.03. The van der Waals surface area contributed by atoms with Crippen molar-refractivity contribution < 1.29 is 4.79 Å². The molecule has 0 amide bonds. The first-order chi connectivity index (χ1) is 13.1. The quantitative estimate of drug-likeness (QED) is 0.751. The molecule has 1 aliphatic rings. The van der Waals surface area contributed by atoms with Gasteiger partial charge in [0.1, 0.15) is 5.69 Å². The number of nitrogens with zero attached hydrogens (tertiary/aromatic N) is 6. The molecule has 27 heavy (non-hydrogen) atoms. The van der Waals surface area contributed by atoms with E-state index in [1.165, 1.54) is 0 Å². The number of carbonyl (C=O) groups is 1. The molecular weight excluding hydrogens is 342 g/mol. The second-order valence-electron chi connectivity index (χ2n) is 6.56. The normalized spacial score (nSPS) is 15.1. The molecule has 3 aromatic rings. The fraction of sp³-hybridized carbons (Fsp3) is 0.263. The topological polar surface area (TPSA) is 93.2 Å². The number of carbonyl (C=O) groups excluding carboxylic acids is 1. The summed E-state index contributed by atoms with van der Waals surface area (Å²) < 4.78 is 1.12. The molecule has 0 bridgehead atoms. The second kappa shape index (κ2) is 7.16. The number of likely N-dealkylation sites (N-methyl/N-ethyl adjacent to an activating group) is 1. The van der Waals surface area contributed by atoms with Gasteiger partial charge in [0, 0.05) is 43.6 Å². The van der Waals surface area contributed by atoms with Gasteiger partial charge in [-0.3, -0.25) is 9.78 Å². The number of nitrogens with two attached hydrogens (primary N) is 1. The Morgan fingerprint density at radius 2 is 1.78 bits per heavy atom. The monoisotopic (exact) mass is 363 g/mol. The lowest BCUT2D eigenvalue weighted by Crippen LogP contribution is -2.44. The predicted molar refractivity (Wildman–Crippen MR) is 104 cm³/mol. The minimum atomic E-state index is -0.313. The van der Waals surface area contributed by atoms with Crippen LogP contribution in [0.15, 0.2) is 48.7 Å². The summed E-state index contributed by atoms with van der Waals surface area (Å²) in [5.41, 5.74) is 8.10. The molecule has 0 atom stereocenters. The van der Waals surface area contributed by atoms with E-state index < -0.39 is 0 Å². The molecule has 0 aliphatic carbocycles. The number of rotatable bonds is 3. The molecule has 8 nitrogen and oxygen atoms in total.